The molecule has 0 saturated carbocycles. The predicted molar refractivity (Wildman–Crippen MR) is 112 cm³/mol. The molecule has 1 heterocycles. The molecular formula is C21H22ClNO3S. The number of methoxy groups -OCH3 is 1. The van der Waals surface area contributed by atoms with E-state index in [0.717, 1.165) is 22.3 Å². The lowest BCUT2D eigenvalue weighted by Gasteiger charge is -2.12. The van der Waals surface area contributed by atoms with Crippen molar-refractivity contribution < 1.29 is 14.3 Å². The fourth-order valence-corrected chi connectivity index (χ4v) is 3.45. The molecular weight excluding hydrogens is 382 g/mol. The molecule has 0 aliphatic carbocycles. The summed E-state index contributed by atoms with van der Waals surface area (Å²) >= 11 is 1.37. The number of hydrogen-bond donors (Lipinski definition) is 1. The van der Waals surface area contributed by atoms with Crippen LogP contribution in [0.25, 0.3) is 11.1 Å². The SMILES string of the molecule is COc1cc(-c2ccsc2C(=O)OCc2ccccc2)cc([C@@H](C)N)c1.Cl. The number of thiophene rings is 1. The largest absolute Gasteiger partial charge is 0.497 e. The van der Waals surface area contributed by atoms with Crippen molar-refractivity contribution in [2.75, 3.05) is 7.11 Å². The number of benzene rings is 2. The lowest BCUT2D eigenvalue weighted by atomic mass is 10.00. The van der Waals surface area contributed by atoms with Gasteiger partial charge in [-0.15, -0.1) is 23.7 Å². The van der Waals surface area contributed by atoms with E-state index in [-0.39, 0.29) is 31.0 Å². The van der Waals surface area contributed by atoms with Gasteiger partial charge in [0.05, 0.1) is 7.11 Å². The van der Waals surface area contributed by atoms with Crippen molar-refractivity contribution in [3.8, 4) is 16.9 Å². The molecule has 3 rings (SSSR count). The minimum absolute atomic E-state index is 0. The lowest BCUT2D eigenvalue weighted by Crippen LogP contribution is -2.06. The van der Waals surface area contributed by atoms with Crippen LogP contribution < -0.4 is 10.5 Å². The first-order valence-corrected chi connectivity index (χ1v) is 9.20. The zero-order chi connectivity index (χ0) is 18.5. The van der Waals surface area contributed by atoms with Crippen molar-refractivity contribution in [2.24, 2.45) is 5.73 Å². The fourth-order valence-electron chi connectivity index (χ4n) is 2.64. The highest BCUT2D eigenvalue weighted by atomic mass is 35.5. The molecule has 0 saturated heterocycles. The van der Waals surface area contributed by atoms with Crippen LogP contribution in [-0.4, -0.2) is 13.1 Å². The number of hydrogen-bond acceptors (Lipinski definition) is 5. The van der Waals surface area contributed by atoms with Crippen LogP contribution in [0.3, 0.4) is 0 Å². The van der Waals surface area contributed by atoms with E-state index in [9.17, 15) is 4.79 Å². The zero-order valence-corrected chi connectivity index (χ0v) is 16.8. The van der Waals surface area contributed by atoms with Crippen molar-refractivity contribution in [1.82, 2.24) is 0 Å². The highest BCUT2D eigenvalue weighted by Gasteiger charge is 2.18. The van der Waals surface area contributed by atoms with Gasteiger partial charge in [0.1, 0.15) is 17.2 Å². The van der Waals surface area contributed by atoms with Crippen LogP contribution in [0.2, 0.25) is 0 Å². The summed E-state index contributed by atoms with van der Waals surface area (Å²) in [6.07, 6.45) is 0. The van der Waals surface area contributed by atoms with Gasteiger partial charge < -0.3 is 15.2 Å². The van der Waals surface area contributed by atoms with E-state index in [2.05, 4.69) is 0 Å². The third kappa shape index (κ3) is 5.10. The minimum atomic E-state index is -0.330. The molecule has 0 unspecified atom stereocenters. The fraction of sp³-hybridized carbons (Fsp3) is 0.190. The molecule has 142 valence electrons. The van der Waals surface area contributed by atoms with E-state index < -0.39 is 0 Å². The van der Waals surface area contributed by atoms with E-state index in [0.29, 0.717) is 10.6 Å². The van der Waals surface area contributed by atoms with Gasteiger partial charge in [-0.3, -0.25) is 0 Å². The first-order valence-electron chi connectivity index (χ1n) is 8.32. The summed E-state index contributed by atoms with van der Waals surface area (Å²) in [7, 11) is 1.62. The molecule has 0 aliphatic rings. The normalized spacial score (nSPS) is 11.4. The summed E-state index contributed by atoms with van der Waals surface area (Å²) in [6, 6.07) is 17.2. The van der Waals surface area contributed by atoms with E-state index >= 15 is 0 Å². The Morgan fingerprint density at radius 1 is 1.15 bits per heavy atom. The van der Waals surface area contributed by atoms with Crippen molar-refractivity contribution in [2.45, 2.75) is 19.6 Å². The molecule has 1 aromatic heterocycles. The molecule has 0 bridgehead atoms. The third-order valence-electron chi connectivity index (χ3n) is 4.06. The first kappa shape index (κ1) is 21.0. The average molecular weight is 404 g/mol. The van der Waals surface area contributed by atoms with Crippen LogP contribution in [0.4, 0.5) is 0 Å². The Morgan fingerprint density at radius 3 is 2.56 bits per heavy atom. The Kier molecular flexibility index (Phi) is 7.42. The summed E-state index contributed by atoms with van der Waals surface area (Å²) in [4.78, 5) is 13.2. The molecule has 0 aliphatic heterocycles. The second-order valence-corrected chi connectivity index (χ2v) is 6.92. The van der Waals surface area contributed by atoms with Gasteiger partial charge >= 0.3 is 5.97 Å². The molecule has 6 heteroatoms. The Labute approximate surface area is 169 Å². The van der Waals surface area contributed by atoms with Crippen LogP contribution in [0.1, 0.15) is 33.8 Å². The van der Waals surface area contributed by atoms with Crippen LogP contribution in [-0.2, 0) is 11.3 Å². The van der Waals surface area contributed by atoms with Gasteiger partial charge in [-0.2, -0.15) is 0 Å². The molecule has 0 fully saturated rings. The number of carbonyl (C=O) groups excluding carboxylic acids is 1. The molecule has 1 atom stereocenters. The van der Waals surface area contributed by atoms with E-state index in [4.69, 9.17) is 15.2 Å². The second-order valence-electron chi connectivity index (χ2n) is 6.01. The predicted octanol–water partition coefficient (Wildman–Crippen LogP) is 5.22. The second kappa shape index (κ2) is 9.55. The summed E-state index contributed by atoms with van der Waals surface area (Å²) in [5.41, 5.74) is 9.66. The van der Waals surface area contributed by atoms with Gasteiger partial charge in [0.2, 0.25) is 0 Å². The molecule has 0 amide bonds. The van der Waals surface area contributed by atoms with Crippen LogP contribution in [0.15, 0.2) is 60.0 Å². The summed E-state index contributed by atoms with van der Waals surface area (Å²) < 4.78 is 10.9. The van der Waals surface area contributed by atoms with Gasteiger partial charge in [-0.1, -0.05) is 30.3 Å². The zero-order valence-electron chi connectivity index (χ0n) is 15.2. The maximum absolute atomic E-state index is 12.6. The van der Waals surface area contributed by atoms with Crippen molar-refractivity contribution >= 4 is 29.7 Å². The van der Waals surface area contributed by atoms with Gasteiger partial charge in [0.25, 0.3) is 0 Å². The Hall–Kier alpha value is -2.34. The van der Waals surface area contributed by atoms with Crippen LogP contribution >= 0.6 is 23.7 Å². The molecule has 4 nitrogen and oxygen atoms in total. The van der Waals surface area contributed by atoms with Gasteiger partial charge in [0, 0.05) is 11.6 Å². The first-order chi connectivity index (χ1) is 12.6. The van der Waals surface area contributed by atoms with Gasteiger partial charge in [-0.25, -0.2) is 4.79 Å². The Balaban J connectivity index is 0.00000261. The summed E-state index contributed by atoms with van der Waals surface area (Å²) in [5, 5.41) is 1.89. The summed E-state index contributed by atoms with van der Waals surface area (Å²) in [6.45, 7) is 2.17. The molecule has 27 heavy (non-hydrogen) atoms. The smallest absolute Gasteiger partial charge is 0.349 e. The van der Waals surface area contributed by atoms with Crippen molar-refractivity contribution in [3.63, 3.8) is 0 Å². The number of rotatable bonds is 6. The number of halogens is 1. The maximum atomic E-state index is 12.6. The van der Waals surface area contributed by atoms with Gasteiger partial charge in [-0.05, 0) is 53.3 Å². The Bertz CT molecular complexity index is 893. The van der Waals surface area contributed by atoms with Crippen molar-refractivity contribution in [3.05, 3.63) is 76.0 Å². The lowest BCUT2D eigenvalue weighted by molar-refractivity contribution is 0.0479. The highest BCUT2D eigenvalue weighted by Crippen LogP contribution is 2.33. The quantitative estimate of drug-likeness (QED) is 0.573. The molecule has 3 aromatic rings. The molecule has 2 aromatic carbocycles. The topological polar surface area (TPSA) is 61.5 Å². The van der Waals surface area contributed by atoms with Crippen molar-refractivity contribution in [1.29, 1.82) is 0 Å². The maximum Gasteiger partial charge on any atom is 0.349 e. The number of ether oxygens (including phenoxy) is 2. The monoisotopic (exact) mass is 403 g/mol. The summed E-state index contributed by atoms with van der Waals surface area (Å²) in [5.74, 6) is 0.383. The molecule has 2 N–H and O–H groups in total. The number of esters is 1. The number of carbonyl (C=O) groups is 1. The highest BCUT2D eigenvalue weighted by molar-refractivity contribution is 7.12. The Morgan fingerprint density at radius 2 is 1.89 bits per heavy atom. The standard InChI is InChI=1S/C21H21NO3S.ClH/c1-14(22)16-10-17(12-18(11-16)24-2)19-8-9-26-20(19)21(23)25-13-15-6-4-3-5-7-15;/h3-12,14H,13,22H2,1-2H3;1H/t14-;/m1./s1. The van der Waals surface area contributed by atoms with E-state index in [1.54, 1.807) is 7.11 Å². The van der Waals surface area contributed by atoms with E-state index in [1.165, 1.54) is 11.3 Å². The number of nitrogens with two attached hydrogens (primary N) is 1. The van der Waals surface area contributed by atoms with Crippen LogP contribution in [0.5, 0.6) is 5.75 Å². The third-order valence-corrected chi connectivity index (χ3v) is 4.96. The molecule has 0 spiro atoms. The van der Waals surface area contributed by atoms with E-state index in [1.807, 2.05) is 66.9 Å². The van der Waals surface area contributed by atoms with Crippen LogP contribution in [0, 0.1) is 0 Å². The minimum Gasteiger partial charge on any atom is -0.497 e. The van der Waals surface area contributed by atoms with Gasteiger partial charge in [0.15, 0.2) is 0 Å². The molecule has 0 radical (unpaired) electrons. The average Bonchev–Trinajstić information content (AvgIpc) is 3.16.